The molecule has 1 fully saturated rings. The van der Waals surface area contributed by atoms with Gasteiger partial charge in [0.15, 0.2) is 5.89 Å². The molecule has 3 N–H and O–H groups in total. The van der Waals surface area contributed by atoms with Gasteiger partial charge < -0.3 is 24.9 Å². The Morgan fingerprint density at radius 1 is 1.27 bits per heavy atom. The van der Waals surface area contributed by atoms with E-state index in [1.807, 2.05) is 24.0 Å². The number of aryl methyl sites for hydroxylation is 2. The van der Waals surface area contributed by atoms with E-state index >= 15 is 0 Å². The van der Waals surface area contributed by atoms with Gasteiger partial charge in [0, 0.05) is 44.4 Å². The molecule has 3 heterocycles. The summed E-state index contributed by atoms with van der Waals surface area (Å²) in [4.78, 5) is 34.4. The molecule has 1 aromatic carbocycles. The molecule has 0 aliphatic carbocycles. The molecule has 9 nitrogen and oxygen atoms in total. The van der Waals surface area contributed by atoms with Crippen molar-refractivity contribution in [2.24, 2.45) is 11.7 Å². The molecule has 0 radical (unpaired) electrons. The van der Waals surface area contributed by atoms with Crippen molar-refractivity contribution in [2.45, 2.75) is 64.3 Å². The number of benzene rings is 1. The Bertz CT molecular complexity index is 1060. The molecule has 2 aliphatic heterocycles. The molecule has 4 rings (SSSR count). The molecule has 9 heteroatoms. The van der Waals surface area contributed by atoms with Gasteiger partial charge in [-0.05, 0) is 49.9 Å². The Hall–Kier alpha value is -2.91. The Balaban J connectivity index is 1.58. The number of carboxylic acid groups (broad SMARTS) is 1. The zero-order chi connectivity index (χ0) is 26.4. The van der Waals surface area contributed by atoms with Crippen molar-refractivity contribution in [1.29, 1.82) is 0 Å². The largest absolute Gasteiger partial charge is 0.493 e. The van der Waals surface area contributed by atoms with E-state index in [9.17, 15) is 14.7 Å². The quantitative estimate of drug-likeness (QED) is 0.420. The molecule has 0 spiro atoms. The lowest BCUT2D eigenvalue weighted by Gasteiger charge is -2.29. The second kappa shape index (κ2) is 12.6. The number of hydrogen-bond donors (Lipinski definition) is 2. The molecule has 1 aromatic heterocycles. The number of unbranched alkanes of at least 4 members (excludes halogenated alkanes) is 1. The van der Waals surface area contributed by atoms with E-state index in [1.165, 1.54) is 0 Å². The van der Waals surface area contributed by atoms with E-state index in [0.29, 0.717) is 51.5 Å². The maximum Gasteiger partial charge on any atom is 0.308 e. The third-order valence-corrected chi connectivity index (χ3v) is 7.60. The van der Waals surface area contributed by atoms with Crippen LogP contribution in [0.25, 0.3) is 0 Å². The number of carbonyl (C=O) groups excluding carboxylic acids is 1. The van der Waals surface area contributed by atoms with Crippen LogP contribution in [0.5, 0.6) is 5.75 Å². The molecule has 1 amide bonds. The highest BCUT2D eigenvalue weighted by molar-refractivity contribution is 5.79. The SMILES string of the molecule is CCCCN(CCCN)C(=O)CN1CC(c2ccc3c(c2)CCO3)C(C(=O)O)C1CCc1ncc(C)o1. The average Bonchev–Trinajstić information content (AvgIpc) is 3.60. The Labute approximate surface area is 219 Å². The molecule has 202 valence electrons. The summed E-state index contributed by atoms with van der Waals surface area (Å²) >= 11 is 0. The van der Waals surface area contributed by atoms with Crippen molar-refractivity contribution in [2.75, 3.05) is 39.3 Å². The summed E-state index contributed by atoms with van der Waals surface area (Å²) in [5.74, 6) is 0.537. The van der Waals surface area contributed by atoms with Gasteiger partial charge in [-0.1, -0.05) is 25.5 Å². The van der Waals surface area contributed by atoms with E-state index < -0.39 is 11.9 Å². The predicted octanol–water partition coefficient (Wildman–Crippen LogP) is 3.00. The fraction of sp³-hybridized carbons (Fsp3) is 0.607. The fourth-order valence-electron chi connectivity index (χ4n) is 5.68. The number of carbonyl (C=O) groups is 2. The van der Waals surface area contributed by atoms with Crippen molar-refractivity contribution in [3.63, 3.8) is 0 Å². The Morgan fingerprint density at radius 2 is 2.08 bits per heavy atom. The van der Waals surface area contributed by atoms with Crippen LogP contribution in [0.4, 0.5) is 0 Å². The molecule has 2 aliphatic rings. The lowest BCUT2D eigenvalue weighted by Crippen LogP contribution is -2.45. The summed E-state index contributed by atoms with van der Waals surface area (Å²) in [5.41, 5.74) is 7.84. The van der Waals surface area contributed by atoms with Crippen LogP contribution in [0, 0.1) is 12.8 Å². The first-order valence-corrected chi connectivity index (χ1v) is 13.5. The summed E-state index contributed by atoms with van der Waals surface area (Å²) in [6, 6.07) is 5.72. The molecular formula is C28H40N4O5. The highest BCUT2D eigenvalue weighted by Gasteiger charge is 2.47. The zero-order valence-electron chi connectivity index (χ0n) is 22.0. The third kappa shape index (κ3) is 6.51. The van der Waals surface area contributed by atoms with E-state index in [2.05, 4.69) is 22.9 Å². The molecule has 1 saturated heterocycles. The number of ether oxygens (including phenoxy) is 1. The number of carboxylic acids is 1. The molecular weight excluding hydrogens is 472 g/mol. The van der Waals surface area contributed by atoms with Crippen LogP contribution in [0.15, 0.2) is 28.8 Å². The van der Waals surface area contributed by atoms with Gasteiger partial charge in [0.1, 0.15) is 11.5 Å². The monoisotopic (exact) mass is 512 g/mol. The van der Waals surface area contributed by atoms with Crippen LogP contribution in [-0.2, 0) is 22.4 Å². The van der Waals surface area contributed by atoms with Crippen molar-refractivity contribution in [3.05, 3.63) is 47.2 Å². The number of nitrogens with two attached hydrogens (primary N) is 1. The molecule has 0 bridgehead atoms. The second-order valence-corrected chi connectivity index (χ2v) is 10.2. The number of rotatable bonds is 13. The average molecular weight is 513 g/mol. The van der Waals surface area contributed by atoms with Gasteiger partial charge in [-0.15, -0.1) is 0 Å². The molecule has 0 saturated carbocycles. The number of hydrogen-bond acceptors (Lipinski definition) is 7. The van der Waals surface area contributed by atoms with Gasteiger partial charge in [-0.3, -0.25) is 14.5 Å². The maximum atomic E-state index is 13.5. The molecule has 37 heavy (non-hydrogen) atoms. The van der Waals surface area contributed by atoms with Crippen LogP contribution in [0.2, 0.25) is 0 Å². The Kier molecular flexibility index (Phi) is 9.21. The highest BCUT2D eigenvalue weighted by atomic mass is 16.5. The van der Waals surface area contributed by atoms with Crippen molar-refractivity contribution in [3.8, 4) is 5.75 Å². The summed E-state index contributed by atoms with van der Waals surface area (Å²) in [7, 11) is 0. The minimum Gasteiger partial charge on any atom is -0.493 e. The van der Waals surface area contributed by atoms with Crippen LogP contribution >= 0.6 is 0 Å². The summed E-state index contributed by atoms with van der Waals surface area (Å²) < 4.78 is 11.3. The minimum atomic E-state index is -0.837. The van der Waals surface area contributed by atoms with E-state index in [4.69, 9.17) is 14.9 Å². The van der Waals surface area contributed by atoms with Crippen molar-refractivity contribution >= 4 is 11.9 Å². The van der Waals surface area contributed by atoms with E-state index in [-0.39, 0.29) is 24.4 Å². The van der Waals surface area contributed by atoms with Crippen molar-refractivity contribution < 1.29 is 23.8 Å². The van der Waals surface area contributed by atoms with Gasteiger partial charge in [0.25, 0.3) is 0 Å². The Morgan fingerprint density at radius 3 is 2.78 bits per heavy atom. The number of likely N-dealkylation sites (tertiary alicyclic amines) is 1. The molecule has 3 unspecified atom stereocenters. The first kappa shape index (κ1) is 27.1. The van der Waals surface area contributed by atoms with Crippen LogP contribution in [0.1, 0.15) is 61.3 Å². The first-order valence-electron chi connectivity index (χ1n) is 13.5. The fourth-order valence-corrected chi connectivity index (χ4v) is 5.68. The van der Waals surface area contributed by atoms with Crippen LogP contribution in [-0.4, -0.2) is 77.1 Å². The number of nitrogens with zero attached hydrogens (tertiary/aromatic N) is 3. The normalized spacial score (nSPS) is 21.1. The predicted molar refractivity (Wildman–Crippen MR) is 140 cm³/mol. The summed E-state index contributed by atoms with van der Waals surface area (Å²) in [5, 5.41) is 10.4. The topological polar surface area (TPSA) is 122 Å². The van der Waals surface area contributed by atoms with E-state index in [1.54, 1.807) is 6.20 Å². The van der Waals surface area contributed by atoms with E-state index in [0.717, 1.165) is 48.3 Å². The zero-order valence-corrected chi connectivity index (χ0v) is 22.0. The first-order chi connectivity index (χ1) is 17.9. The summed E-state index contributed by atoms with van der Waals surface area (Å²) in [6.07, 6.45) is 6.26. The number of fused-ring (bicyclic) bond motifs is 1. The van der Waals surface area contributed by atoms with Gasteiger partial charge in [0.05, 0.1) is 25.3 Å². The highest BCUT2D eigenvalue weighted by Crippen LogP contribution is 2.41. The number of aromatic nitrogens is 1. The third-order valence-electron chi connectivity index (χ3n) is 7.60. The summed E-state index contributed by atoms with van der Waals surface area (Å²) in [6.45, 7) is 7.16. The van der Waals surface area contributed by atoms with Gasteiger partial charge in [-0.2, -0.15) is 0 Å². The molecule has 2 aromatic rings. The van der Waals surface area contributed by atoms with Gasteiger partial charge >= 0.3 is 5.97 Å². The van der Waals surface area contributed by atoms with Gasteiger partial charge in [0.2, 0.25) is 5.91 Å². The number of amides is 1. The van der Waals surface area contributed by atoms with Crippen LogP contribution < -0.4 is 10.5 Å². The maximum absolute atomic E-state index is 13.5. The molecule has 3 atom stereocenters. The minimum absolute atomic E-state index is 0.0333. The lowest BCUT2D eigenvalue weighted by molar-refractivity contribution is -0.143. The number of aliphatic carboxylic acids is 1. The second-order valence-electron chi connectivity index (χ2n) is 10.2. The van der Waals surface area contributed by atoms with Crippen molar-refractivity contribution in [1.82, 2.24) is 14.8 Å². The smallest absolute Gasteiger partial charge is 0.308 e. The van der Waals surface area contributed by atoms with Gasteiger partial charge in [-0.25, -0.2) is 4.98 Å². The number of oxazole rings is 1. The van der Waals surface area contributed by atoms with Crippen LogP contribution in [0.3, 0.4) is 0 Å². The standard InChI is InChI=1S/C28H40N4O5/c1-3-4-12-31(13-5-11-29)26(33)18-32-17-22(20-6-8-24-21(15-20)10-14-36-24)27(28(34)35)23(32)7-9-25-30-16-19(2)37-25/h6,8,15-16,22-23,27H,3-5,7,9-14,17-18,29H2,1-2H3,(H,34,35). The lowest BCUT2D eigenvalue weighted by atomic mass is 9.83.